The van der Waals surface area contributed by atoms with Gasteiger partial charge in [-0.1, -0.05) is 29.0 Å². The largest absolute Gasteiger partial charge is 0.496 e. The van der Waals surface area contributed by atoms with E-state index in [4.69, 9.17) is 4.74 Å². The van der Waals surface area contributed by atoms with Gasteiger partial charge in [-0.2, -0.15) is 0 Å². The molecule has 2 aromatic carbocycles. The molecule has 3 aromatic rings. The lowest BCUT2D eigenvalue weighted by atomic mass is 10.1. The number of nitrogens with zero attached hydrogens (tertiary/aromatic N) is 3. The Morgan fingerprint density at radius 3 is 2.83 bits per heavy atom. The molecule has 0 fully saturated rings. The Hall–Kier alpha value is -2.73. The highest BCUT2D eigenvalue weighted by Crippen LogP contribution is 2.27. The molecule has 1 N–H and O–H groups in total. The van der Waals surface area contributed by atoms with Gasteiger partial charge < -0.3 is 9.84 Å². The van der Waals surface area contributed by atoms with Crippen LogP contribution in [0, 0.1) is 6.92 Å². The number of rotatable bonds is 4. The third-order valence-corrected chi connectivity index (χ3v) is 3.72. The van der Waals surface area contributed by atoms with Gasteiger partial charge in [0.1, 0.15) is 17.4 Å². The molecule has 1 aromatic heterocycles. The lowest BCUT2D eigenvalue weighted by molar-refractivity contribution is 0.144. The van der Waals surface area contributed by atoms with Crippen LogP contribution in [0.5, 0.6) is 5.75 Å². The summed E-state index contributed by atoms with van der Waals surface area (Å²) in [6.07, 6.45) is -0.919. The van der Waals surface area contributed by atoms with Gasteiger partial charge in [0.05, 0.1) is 19.0 Å². The van der Waals surface area contributed by atoms with Crippen LogP contribution in [-0.4, -0.2) is 27.2 Å². The molecule has 0 saturated heterocycles. The van der Waals surface area contributed by atoms with Gasteiger partial charge in [0.15, 0.2) is 0 Å². The molecule has 0 radical (unpaired) electrons. The molecule has 0 amide bonds. The van der Waals surface area contributed by atoms with E-state index >= 15 is 0 Å². The van der Waals surface area contributed by atoms with Crippen LogP contribution in [0.3, 0.4) is 0 Å². The average molecular weight is 311 g/mol. The van der Waals surface area contributed by atoms with Gasteiger partial charge in [-0.25, -0.2) is 4.68 Å². The minimum absolute atomic E-state index is 0.0104. The molecule has 3 rings (SSSR count). The van der Waals surface area contributed by atoms with E-state index in [-0.39, 0.29) is 12.1 Å². The van der Waals surface area contributed by atoms with Gasteiger partial charge in [0.25, 0.3) is 5.56 Å². The number of aliphatic hydroxyl groups is 1. The highest BCUT2D eigenvalue weighted by atomic mass is 16.5. The first-order valence-corrected chi connectivity index (χ1v) is 7.25. The van der Waals surface area contributed by atoms with Gasteiger partial charge in [-0.15, -0.1) is 5.10 Å². The molecule has 1 heterocycles. The molecule has 1 atom stereocenters. The second kappa shape index (κ2) is 6.18. The maximum absolute atomic E-state index is 12.4. The van der Waals surface area contributed by atoms with Crippen LogP contribution >= 0.6 is 0 Å². The number of benzene rings is 2. The summed E-state index contributed by atoms with van der Waals surface area (Å²) in [4.78, 5) is 12.4. The van der Waals surface area contributed by atoms with E-state index in [1.165, 1.54) is 4.68 Å². The van der Waals surface area contributed by atoms with Crippen molar-refractivity contribution in [1.29, 1.82) is 0 Å². The molecule has 6 nitrogen and oxygen atoms in total. The van der Waals surface area contributed by atoms with Gasteiger partial charge in [-0.05, 0) is 31.2 Å². The van der Waals surface area contributed by atoms with E-state index in [9.17, 15) is 9.90 Å². The lowest BCUT2D eigenvalue weighted by Gasteiger charge is -2.16. The zero-order valence-corrected chi connectivity index (χ0v) is 12.9. The van der Waals surface area contributed by atoms with E-state index in [2.05, 4.69) is 10.3 Å². The molecule has 0 aliphatic heterocycles. The maximum atomic E-state index is 12.4. The Balaban J connectivity index is 1.97. The van der Waals surface area contributed by atoms with Crippen LogP contribution in [-0.2, 0) is 6.54 Å². The van der Waals surface area contributed by atoms with Crippen molar-refractivity contribution in [2.75, 3.05) is 7.11 Å². The van der Waals surface area contributed by atoms with Crippen molar-refractivity contribution < 1.29 is 9.84 Å². The summed E-state index contributed by atoms with van der Waals surface area (Å²) in [5.74, 6) is 0.574. The standard InChI is InChI=1S/C17H17N3O3/c1-11-7-8-16(23-2)13(9-11)15(21)10-20-17(22)12-5-3-4-6-14(12)18-19-20/h3-9,15,21H,10H2,1-2H3/t15-/m0/s1. The van der Waals surface area contributed by atoms with E-state index in [0.717, 1.165) is 5.56 Å². The predicted molar refractivity (Wildman–Crippen MR) is 86.5 cm³/mol. The summed E-state index contributed by atoms with van der Waals surface area (Å²) in [6, 6.07) is 12.5. The van der Waals surface area contributed by atoms with E-state index in [0.29, 0.717) is 22.2 Å². The van der Waals surface area contributed by atoms with Crippen molar-refractivity contribution in [3.63, 3.8) is 0 Å². The first-order valence-electron chi connectivity index (χ1n) is 7.25. The fourth-order valence-corrected chi connectivity index (χ4v) is 2.52. The molecule has 0 saturated carbocycles. The quantitative estimate of drug-likeness (QED) is 0.795. The second-order valence-electron chi connectivity index (χ2n) is 5.36. The zero-order chi connectivity index (χ0) is 16.4. The molecule has 0 spiro atoms. The summed E-state index contributed by atoms with van der Waals surface area (Å²) in [7, 11) is 1.54. The van der Waals surface area contributed by atoms with Crippen LogP contribution in [0.1, 0.15) is 17.2 Å². The van der Waals surface area contributed by atoms with Crippen molar-refractivity contribution in [3.05, 3.63) is 63.9 Å². The molecule has 23 heavy (non-hydrogen) atoms. The molecule has 0 aliphatic carbocycles. The smallest absolute Gasteiger partial charge is 0.277 e. The third kappa shape index (κ3) is 2.93. The first kappa shape index (κ1) is 15.2. The van der Waals surface area contributed by atoms with Crippen molar-refractivity contribution >= 4 is 10.9 Å². The summed E-state index contributed by atoms with van der Waals surface area (Å²) in [6.45, 7) is 1.94. The van der Waals surface area contributed by atoms with Crippen molar-refractivity contribution in [1.82, 2.24) is 15.0 Å². The Kier molecular flexibility index (Phi) is 4.08. The normalized spacial score (nSPS) is 12.3. The van der Waals surface area contributed by atoms with Gasteiger partial charge >= 0.3 is 0 Å². The molecule has 118 valence electrons. The van der Waals surface area contributed by atoms with Crippen LogP contribution in [0.4, 0.5) is 0 Å². The SMILES string of the molecule is COc1ccc(C)cc1[C@@H](O)Cn1nnc2ccccc2c1=O. The fourth-order valence-electron chi connectivity index (χ4n) is 2.52. The highest BCUT2D eigenvalue weighted by molar-refractivity contribution is 5.76. The number of hydrogen-bond acceptors (Lipinski definition) is 5. The highest BCUT2D eigenvalue weighted by Gasteiger charge is 2.16. The molecule has 0 unspecified atom stereocenters. The summed E-state index contributed by atoms with van der Waals surface area (Å²) in [5, 5.41) is 18.9. The molecule has 0 bridgehead atoms. The van der Waals surface area contributed by atoms with Crippen LogP contribution in [0.2, 0.25) is 0 Å². The second-order valence-corrected chi connectivity index (χ2v) is 5.36. The monoisotopic (exact) mass is 311 g/mol. The van der Waals surface area contributed by atoms with E-state index in [1.54, 1.807) is 37.4 Å². The van der Waals surface area contributed by atoms with Crippen molar-refractivity contribution in [2.24, 2.45) is 0 Å². The predicted octanol–water partition coefficient (Wildman–Crippen LogP) is 1.84. The van der Waals surface area contributed by atoms with E-state index in [1.807, 2.05) is 19.1 Å². The van der Waals surface area contributed by atoms with Gasteiger partial charge in [0.2, 0.25) is 0 Å². The summed E-state index contributed by atoms with van der Waals surface area (Å²) >= 11 is 0. The number of aryl methyl sites for hydroxylation is 1. The van der Waals surface area contributed by atoms with Crippen LogP contribution < -0.4 is 10.3 Å². The molecule has 6 heteroatoms. The van der Waals surface area contributed by atoms with Crippen molar-refractivity contribution in [2.45, 2.75) is 19.6 Å². The lowest BCUT2D eigenvalue weighted by Crippen LogP contribution is -2.27. The van der Waals surface area contributed by atoms with Crippen LogP contribution in [0.15, 0.2) is 47.3 Å². The number of methoxy groups -OCH3 is 1. The number of aliphatic hydroxyl groups excluding tert-OH is 1. The van der Waals surface area contributed by atoms with Gasteiger partial charge in [-0.3, -0.25) is 4.79 Å². The zero-order valence-electron chi connectivity index (χ0n) is 12.9. The molecule has 0 aliphatic rings. The first-order chi connectivity index (χ1) is 11.1. The number of aromatic nitrogens is 3. The van der Waals surface area contributed by atoms with E-state index < -0.39 is 6.10 Å². The summed E-state index contributed by atoms with van der Waals surface area (Å²) < 4.78 is 6.45. The fraction of sp³-hybridized carbons (Fsp3) is 0.235. The molecular formula is C17H17N3O3. The Morgan fingerprint density at radius 2 is 2.04 bits per heavy atom. The number of hydrogen-bond donors (Lipinski definition) is 1. The Bertz CT molecular complexity index is 905. The maximum Gasteiger partial charge on any atom is 0.277 e. The van der Waals surface area contributed by atoms with Crippen molar-refractivity contribution in [3.8, 4) is 5.75 Å². The minimum Gasteiger partial charge on any atom is -0.496 e. The number of ether oxygens (including phenoxy) is 1. The molecular weight excluding hydrogens is 294 g/mol. The van der Waals surface area contributed by atoms with Crippen LogP contribution in [0.25, 0.3) is 10.9 Å². The summed E-state index contributed by atoms with van der Waals surface area (Å²) in [5.41, 5.74) is 1.88. The topological polar surface area (TPSA) is 77.2 Å². The average Bonchev–Trinajstić information content (AvgIpc) is 2.57. The Morgan fingerprint density at radius 1 is 1.26 bits per heavy atom. The van der Waals surface area contributed by atoms with Gasteiger partial charge in [0, 0.05) is 5.56 Å². The Labute approximate surface area is 133 Å². The minimum atomic E-state index is -0.919. The number of fused-ring (bicyclic) bond motifs is 1. The third-order valence-electron chi connectivity index (χ3n) is 3.72.